The van der Waals surface area contributed by atoms with Crippen LogP contribution in [-0.2, 0) is 0 Å². The summed E-state index contributed by atoms with van der Waals surface area (Å²) in [6.45, 7) is 6.11. The molecule has 0 heterocycles. The molecule has 2 atom stereocenters. The Bertz CT molecular complexity index is 128. The third-order valence-electron chi connectivity index (χ3n) is 2.59. The van der Waals surface area contributed by atoms with Gasteiger partial charge in [-0.3, -0.25) is 0 Å². The topological polar surface area (TPSA) is 52.5 Å². The zero-order valence-electron chi connectivity index (χ0n) is 9.66. The fourth-order valence-corrected chi connectivity index (χ4v) is 1.50. The Morgan fingerprint density at radius 2 is 1.79 bits per heavy atom. The minimum Gasteiger partial charge on any atom is -0.367 e. The van der Waals surface area contributed by atoms with E-state index in [1.807, 2.05) is 0 Å². The molecule has 3 N–H and O–H groups in total. The van der Waals surface area contributed by atoms with E-state index in [0.29, 0.717) is 6.04 Å². The average molecular weight is 203 g/mol. The molecule has 0 aromatic rings. The molecule has 2 unspecified atom stereocenters. The summed E-state index contributed by atoms with van der Waals surface area (Å²) in [6.07, 6.45) is 4.62. The lowest BCUT2D eigenvalue weighted by atomic mass is 10.1. The number of nitrogens with one attached hydrogen (secondary N) is 1. The third kappa shape index (κ3) is 6.35. The molecule has 0 aliphatic heterocycles. The minimum absolute atomic E-state index is 0.235. The number of aliphatic hydroxyl groups excluding tert-OH is 1. The molecule has 3 nitrogen and oxygen atoms in total. The Morgan fingerprint density at radius 3 is 2.21 bits per heavy atom. The molecule has 0 aliphatic carbocycles. The first-order valence-corrected chi connectivity index (χ1v) is 5.74. The quantitative estimate of drug-likeness (QED) is 0.415. The van der Waals surface area contributed by atoms with Gasteiger partial charge in [0.05, 0.1) is 6.04 Å². The van der Waals surface area contributed by atoms with E-state index in [1.165, 1.54) is 19.3 Å². The summed E-state index contributed by atoms with van der Waals surface area (Å²) >= 11 is 0. The fourth-order valence-electron chi connectivity index (χ4n) is 1.50. The van der Waals surface area contributed by atoms with Gasteiger partial charge in [0, 0.05) is 6.04 Å². The van der Waals surface area contributed by atoms with Crippen molar-refractivity contribution in [2.45, 2.75) is 71.2 Å². The highest BCUT2D eigenvalue weighted by Gasteiger charge is 2.14. The molecule has 0 bridgehead atoms. The zero-order chi connectivity index (χ0) is 11.0. The van der Waals surface area contributed by atoms with Crippen molar-refractivity contribution >= 4 is 0 Å². The molecule has 0 saturated heterocycles. The van der Waals surface area contributed by atoms with Crippen LogP contribution in [0.2, 0.25) is 0 Å². The van der Waals surface area contributed by atoms with Gasteiger partial charge >= 0.3 is 0 Å². The molecule has 0 saturated carbocycles. The maximum Gasteiger partial charge on any atom is 0.166 e. The van der Waals surface area contributed by atoms with Crippen molar-refractivity contribution in [3.8, 4) is 0 Å². The highest BCUT2D eigenvalue weighted by Crippen LogP contribution is 2.07. The van der Waals surface area contributed by atoms with Crippen LogP contribution >= 0.6 is 0 Å². The van der Waals surface area contributed by atoms with Crippen LogP contribution < -0.4 is 5.32 Å². The van der Waals surface area contributed by atoms with Gasteiger partial charge in [-0.2, -0.15) is 0 Å². The lowest BCUT2D eigenvalue weighted by molar-refractivity contribution is -0.0650. The van der Waals surface area contributed by atoms with Crippen LogP contribution in [0.3, 0.4) is 0 Å². The summed E-state index contributed by atoms with van der Waals surface area (Å²) in [5.74, 6) is 0. The second kappa shape index (κ2) is 8.21. The summed E-state index contributed by atoms with van der Waals surface area (Å²) in [5, 5.41) is 21.1. The lowest BCUT2D eigenvalue weighted by Crippen LogP contribution is -2.43. The van der Waals surface area contributed by atoms with E-state index in [2.05, 4.69) is 19.2 Å². The smallest absolute Gasteiger partial charge is 0.166 e. The van der Waals surface area contributed by atoms with Crippen LogP contribution in [0.25, 0.3) is 0 Å². The normalized spacial score (nSPS) is 15.9. The molecule has 0 amide bonds. The fraction of sp³-hybridized carbons (Fsp3) is 1.00. The Hall–Kier alpha value is -0.120. The minimum atomic E-state index is -1.25. The van der Waals surface area contributed by atoms with Gasteiger partial charge < -0.3 is 15.5 Å². The van der Waals surface area contributed by atoms with Crippen LogP contribution in [-0.4, -0.2) is 28.6 Å². The summed E-state index contributed by atoms with van der Waals surface area (Å²) in [6, 6.07) is 0.180. The number of rotatable bonds is 8. The number of hydrogen-bond acceptors (Lipinski definition) is 3. The standard InChI is InChI=1S/C11H25NO2/c1-4-6-7-8-10(5-2)12-9(3)11(13)14/h9-14H,4-8H2,1-3H3. The molecule has 0 rings (SSSR count). The first kappa shape index (κ1) is 13.9. The predicted molar refractivity (Wildman–Crippen MR) is 59.0 cm³/mol. The summed E-state index contributed by atoms with van der Waals surface area (Å²) in [4.78, 5) is 0. The Labute approximate surface area is 87.5 Å². The van der Waals surface area contributed by atoms with E-state index in [1.54, 1.807) is 6.92 Å². The second-order valence-electron chi connectivity index (χ2n) is 3.97. The van der Waals surface area contributed by atoms with Gasteiger partial charge in [-0.05, 0) is 19.8 Å². The van der Waals surface area contributed by atoms with Crippen molar-refractivity contribution in [3.05, 3.63) is 0 Å². The molecular formula is C11H25NO2. The molecule has 0 spiro atoms. The molecular weight excluding hydrogens is 178 g/mol. The van der Waals surface area contributed by atoms with Gasteiger partial charge in [-0.1, -0.05) is 33.1 Å². The third-order valence-corrected chi connectivity index (χ3v) is 2.59. The monoisotopic (exact) mass is 203 g/mol. The van der Waals surface area contributed by atoms with Gasteiger partial charge in [0.2, 0.25) is 0 Å². The highest BCUT2D eigenvalue weighted by molar-refractivity contribution is 4.71. The van der Waals surface area contributed by atoms with Gasteiger partial charge in [0.1, 0.15) is 0 Å². The number of hydrogen-bond donors (Lipinski definition) is 3. The Balaban J connectivity index is 3.67. The SMILES string of the molecule is CCCCCC(CC)NC(C)C(O)O. The number of unbranched alkanes of at least 4 members (excludes halogenated alkanes) is 2. The molecule has 3 heteroatoms. The highest BCUT2D eigenvalue weighted by atomic mass is 16.5. The van der Waals surface area contributed by atoms with Gasteiger partial charge in [0.25, 0.3) is 0 Å². The van der Waals surface area contributed by atoms with Crippen LogP contribution in [0.1, 0.15) is 52.9 Å². The summed E-state index contributed by atoms with van der Waals surface area (Å²) in [7, 11) is 0. The first-order chi connectivity index (χ1) is 6.61. The molecule has 0 fully saturated rings. The maximum absolute atomic E-state index is 8.93. The van der Waals surface area contributed by atoms with Crippen LogP contribution in [0.15, 0.2) is 0 Å². The molecule has 0 aromatic heterocycles. The van der Waals surface area contributed by atoms with Gasteiger partial charge in [0.15, 0.2) is 6.29 Å². The molecule has 0 aliphatic rings. The van der Waals surface area contributed by atoms with Crippen LogP contribution in [0.4, 0.5) is 0 Å². The number of aliphatic hydroxyl groups is 2. The van der Waals surface area contributed by atoms with Crippen molar-refractivity contribution in [3.63, 3.8) is 0 Å². The molecule has 86 valence electrons. The van der Waals surface area contributed by atoms with Crippen molar-refractivity contribution in [2.24, 2.45) is 0 Å². The lowest BCUT2D eigenvalue weighted by Gasteiger charge is -2.23. The van der Waals surface area contributed by atoms with Crippen molar-refractivity contribution in [2.75, 3.05) is 0 Å². The Morgan fingerprint density at radius 1 is 1.14 bits per heavy atom. The molecule has 0 aromatic carbocycles. The average Bonchev–Trinajstić information content (AvgIpc) is 2.16. The van der Waals surface area contributed by atoms with E-state index in [0.717, 1.165) is 12.8 Å². The van der Waals surface area contributed by atoms with Crippen LogP contribution in [0, 0.1) is 0 Å². The van der Waals surface area contributed by atoms with E-state index < -0.39 is 6.29 Å². The summed E-state index contributed by atoms with van der Waals surface area (Å²) < 4.78 is 0. The molecule has 0 radical (unpaired) electrons. The van der Waals surface area contributed by atoms with Crippen molar-refractivity contribution in [1.82, 2.24) is 5.32 Å². The second-order valence-corrected chi connectivity index (χ2v) is 3.97. The van der Waals surface area contributed by atoms with Crippen molar-refractivity contribution in [1.29, 1.82) is 0 Å². The van der Waals surface area contributed by atoms with E-state index >= 15 is 0 Å². The maximum atomic E-state index is 8.93. The summed E-state index contributed by atoms with van der Waals surface area (Å²) in [5.41, 5.74) is 0. The van der Waals surface area contributed by atoms with E-state index in [4.69, 9.17) is 10.2 Å². The van der Waals surface area contributed by atoms with Gasteiger partial charge in [-0.15, -0.1) is 0 Å². The predicted octanol–water partition coefficient (Wildman–Crippen LogP) is 1.63. The Kier molecular flexibility index (Phi) is 8.14. The first-order valence-electron chi connectivity index (χ1n) is 5.74. The van der Waals surface area contributed by atoms with Crippen molar-refractivity contribution < 1.29 is 10.2 Å². The largest absolute Gasteiger partial charge is 0.367 e. The van der Waals surface area contributed by atoms with Crippen LogP contribution in [0.5, 0.6) is 0 Å². The zero-order valence-corrected chi connectivity index (χ0v) is 9.66. The van der Waals surface area contributed by atoms with Gasteiger partial charge in [-0.25, -0.2) is 0 Å². The van der Waals surface area contributed by atoms with E-state index in [-0.39, 0.29) is 6.04 Å². The molecule has 14 heavy (non-hydrogen) atoms. The van der Waals surface area contributed by atoms with E-state index in [9.17, 15) is 0 Å².